The number of amides is 1. The van der Waals surface area contributed by atoms with E-state index in [1.54, 1.807) is 11.3 Å². The molecule has 0 aliphatic carbocycles. The molecule has 1 atom stereocenters. The molecule has 122 valence electrons. The summed E-state index contributed by atoms with van der Waals surface area (Å²) in [7, 11) is 0. The van der Waals surface area contributed by atoms with Crippen LogP contribution in [0.4, 0.5) is 0 Å². The van der Waals surface area contributed by atoms with Crippen LogP contribution < -0.4 is 0 Å². The second-order valence-corrected chi connectivity index (χ2v) is 8.49. The van der Waals surface area contributed by atoms with Crippen LogP contribution in [0.3, 0.4) is 0 Å². The number of carbonyl (C=O) groups is 1. The Morgan fingerprint density at radius 1 is 1.23 bits per heavy atom. The van der Waals surface area contributed by atoms with Gasteiger partial charge in [-0.1, -0.05) is 6.42 Å². The molecular formula is C17H26N2OS2. The zero-order chi connectivity index (χ0) is 15.4. The van der Waals surface area contributed by atoms with E-state index in [4.69, 9.17) is 0 Å². The molecule has 3 nitrogen and oxygen atoms in total. The summed E-state index contributed by atoms with van der Waals surface area (Å²) in [5.41, 5.74) is 1.20. The van der Waals surface area contributed by atoms with E-state index < -0.39 is 0 Å². The Hall–Kier alpha value is -0.520. The van der Waals surface area contributed by atoms with Gasteiger partial charge < -0.3 is 9.80 Å². The van der Waals surface area contributed by atoms with Crippen molar-refractivity contribution >= 4 is 29.0 Å². The minimum atomic E-state index is 0.252. The topological polar surface area (TPSA) is 23.6 Å². The molecule has 0 bridgehead atoms. The summed E-state index contributed by atoms with van der Waals surface area (Å²) < 4.78 is 0. The standard InChI is InChI=1S/C17H26N2OS2/c1-14-10-16(22-12-14)17(20)19-8-5-9-21-13-15(19)11-18-6-3-2-4-7-18/h10,12,15H,2-9,11,13H2,1H3. The third kappa shape index (κ3) is 4.06. The highest BCUT2D eigenvalue weighted by atomic mass is 32.2. The van der Waals surface area contributed by atoms with Crippen LogP contribution in [0.15, 0.2) is 11.4 Å². The first kappa shape index (κ1) is 16.3. The van der Waals surface area contributed by atoms with Crippen LogP contribution in [-0.4, -0.2) is 59.4 Å². The van der Waals surface area contributed by atoms with Crippen LogP contribution in [-0.2, 0) is 0 Å². The summed E-state index contributed by atoms with van der Waals surface area (Å²) >= 11 is 3.61. The molecule has 0 aromatic carbocycles. The van der Waals surface area contributed by atoms with Crippen molar-refractivity contribution in [3.05, 3.63) is 21.9 Å². The van der Waals surface area contributed by atoms with Crippen molar-refractivity contribution in [1.29, 1.82) is 0 Å². The minimum absolute atomic E-state index is 0.252. The molecule has 22 heavy (non-hydrogen) atoms. The van der Waals surface area contributed by atoms with Crippen LogP contribution in [0.5, 0.6) is 0 Å². The van der Waals surface area contributed by atoms with Crippen molar-refractivity contribution in [3.8, 4) is 0 Å². The van der Waals surface area contributed by atoms with Crippen molar-refractivity contribution in [1.82, 2.24) is 9.80 Å². The number of likely N-dealkylation sites (tertiary alicyclic amines) is 1. The minimum Gasteiger partial charge on any atom is -0.333 e. The molecule has 1 aromatic heterocycles. The predicted octanol–water partition coefficient (Wildman–Crippen LogP) is 3.49. The fourth-order valence-corrected chi connectivity index (χ4v) is 5.28. The lowest BCUT2D eigenvalue weighted by atomic mass is 10.1. The van der Waals surface area contributed by atoms with E-state index in [0.717, 1.165) is 30.1 Å². The van der Waals surface area contributed by atoms with Gasteiger partial charge in [-0.3, -0.25) is 4.79 Å². The van der Waals surface area contributed by atoms with E-state index in [9.17, 15) is 4.79 Å². The number of piperidine rings is 1. The summed E-state index contributed by atoms with van der Waals surface area (Å²) in [6, 6.07) is 2.42. The lowest BCUT2D eigenvalue weighted by Gasteiger charge is -2.35. The second kappa shape index (κ2) is 7.84. The zero-order valence-electron chi connectivity index (χ0n) is 13.4. The largest absolute Gasteiger partial charge is 0.333 e. The Bertz CT molecular complexity index is 497. The maximum atomic E-state index is 12.9. The molecule has 2 saturated heterocycles. The normalized spacial score (nSPS) is 24.2. The summed E-state index contributed by atoms with van der Waals surface area (Å²) in [5.74, 6) is 2.53. The maximum Gasteiger partial charge on any atom is 0.264 e. The number of thiophene rings is 1. The van der Waals surface area contributed by atoms with Gasteiger partial charge in [-0.25, -0.2) is 0 Å². The first-order valence-electron chi connectivity index (χ1n) is 8.40. The van der Waals surface area contributed by atoms with Crippen LogP contribution in [0.2, 0.25) is 0 Å². The Morgan fingerprint density at radius 3 is 2.77 bits per heavy atom. The molecule has 3 rings (SSSR count). The summed E-state index contributed by atoms with van der Waals surface area (Å²) in [4.78, 5) is 18.6. The molecule has 0 N–H and O–H groups in total. The van der Waals surface area contributed by atoms with Crippen LogP contribution >= 0.6 is 23.1 Å². The van der Waals surface area contributed by atoms with Gasteiger partial charge in [0.1, 0.15) is 0 Å². The molecule has 1 unspecified atom stereocenters. The average molecular weight is 339 g/mol. The van der Waals surface area contributed by atoms with Crippen molar-refractivity contribution in [3.63, 3.8) is 0 Å². The molecule has 2 aliphatic heterocycles. The lowest BCUT2D eigenvalue weighted by Crippen LogP contribution is -2.49. The fraction of sp³-hybridized carbons (Fsp3) is 0.706. The third-order valence-electron chi connectivity index (χ3n) is 4.56. The lowest BCUT2D eigenvalue weighted by molar-refractivity contribution is 0.0650. The van der Waals surface area contributed by atoms with Crippen LogP contribution in [0.25, 0.3) is 0 Å². The highest BCUT2D eigenvalue weighted by molar-refractivity contribution is 7.99. The monoisotopic (exact) mass is 338 g/mol. The molecule has 1 amide bonds. The van der Waals surface area contributed by atoms with Crippen molar-refractivity contribution in [2.45, 2.75) is 38.6 Å². The van der Waals surface area contributed by atoms with E-state index in [-0.39, 0.29) is 5.91 Å². The Morgan fingerprint density at radius 2 is 2.05 bits per heavy atom. The third-order valence-corrected chi connectivity index (χ3v) is 6.79. The predicted molar refractivity (Wildman–Crippen MR) is 96.1 cm³/mol. The molecule has 2 aliphatic rings. The van der Waals surface area contributed by atoms with Gasteiger partial charge in [-0.05, 0) is 62.0 Å². The van der Waals surface area contributed by atoms with Gasteiger partial charge in [-0.2, -0.15) is 11.8 Å². The van der Waals surface area contributed by atoms with Gasteiger partial charge in [0.25, 0.3) is 5.91 Å². The van der Waals surface area contributed by atoms with E-state index in [1.807, 2.05) is 17.8 Å². The summed E-state index contributed by atoms with van der Waals surface area (Å²) in [5, 5.41) is 2.08. The molecule has 5 heteroatoms. The molecule has 0 radical (unpaired) electrons. The Labute approximate surface area is 142 Å². The van der Waals surface area contributed by atoms with Gasteiger partial charge >= 0.3 is 0 Å². The fourth-order valence-electron chi connectivity index (χ4n) is 3.37. The number of rotatable bonds is 3. The molecule has 0 saturated carbocycles. The van der Waals surface area contributed by atoms with Gasteiger partial charge in [0.15, 0.2) is 0 Å². The summed E-state index contributed by atoms with van der Waals surface area (Å²) in [6.07, 6.45) is 5.13. The van der Waals surface area contributed by atoms with Crippen LogP contribution in [0, 0.1) is 6.92 Å². The second-order valence-electron chi connectivity index (χ2n) is 6.43. The number of nitrogens with zero attached hydrogens (tertiary/aromatic N) is 2. The SMILES string of the molecule is Cc1csc(C(=O)N2CCCSCC2CN2CCCCC2)c1. The van der Waals surface area contributed by atoms with Gasteiger partial charge in [0, 0.05) is 18.8 Å². The van der Waals surface area contributed by atoms with Gasteiger partial charge in [0.05, 0.1) is 10.9 Å². The molecule has 1 aromatic rings. The molecular weight excluding hydrogens is 312 g/mol. The molecule has 3 heterocycles. The van der Waals surface area contributed by atoms with E-state index in [1.165, 1.54) is 43.7 Å². The quantitative estimate of drug-likeness (QED) is 0.843. The van der Waals surface area contributed by atoms with Gasteiger partial charge in [0.2, 0.25) is 0 Å². The Balaban J connectivity index is 1.70. The highest BCUT2D eigenvalue weighted by Gasteiger charge is 2.29. The number of hydrogen-bond donors (Lipinski definition) is 0. The van der Waals surface area contributed by atoms with Gasteiger partial charge in [-0.15, -0.1) is 11.3 Å². The van der Waals surface area contributed by atoms with E-state index in [0.29, 0.717) is 6.04 Å². The molecule has 0 spiro atoms. The van der Waals surface area contributed by atoms with Crippen molar-refractivity contribution < 1.29 is 4.79 Å². The smallest absolute Gasteiger partial charge is 0.264 e. The number of carbonyl (C=O) groups excluding carboxylic acids is 1. The van der Waals surface area contributed by atoms with E-state index in [2.05, 4.69) is 22.1 Å². The first-order valence-corrected chi connectivity index (χ1v) is 10.4. The van der Waals surface area contributed by atoms with Crippen LogP contribution in [0.1, 0.15) is 40.9 Å². The molecule has 2 fully saturated rings. The number of aryl methyl sites for hydroxylation is 1. The van der Waals surface area contributed by atoms with E-state index >= 15 is 0 Å². The zero-order valence-corrected chi connectivity index (χ0v) is 15.1. The highest BCUT2D eigenvalue weighted by Crippen LogP contribution is 2.23. The number of thioether (sulfide) groups is 1. The maximum absolute atomic E-state index is 12.9. The van der Waals surface area contributed by atoms with Crippen molar-refractivity contribution in [2.24, 2.45) is 0 Å². The Kier molecular flexibility index (Phi) is 5.83. The summed E-state index contributed by atoms with van der Waals surface area (Å²) in [6.45, 7) is 6.46. The number of hydrogen-bond acceptors (Lipinski definition) is 4. The van der Waals surface area contributed by atoms with Crippen molar-refractivity contribution in [2.75, 3.05) is 37.7 Å². The first-order chi connectivity index (χ1) is 10.7. The average Bonchev–Trinajstić information content (AvgIpc) is 2.84.